The minimum absolute atomic E-state index is 0.0243. The van der Waals surface area contributed by atoms with Crippen LogP contribution >= 0.6 is 0 Å². The third kappa shape index (κ3) is 1.47. The lowest BCUT2D eigenvalue weighted by atomic mass is 10.1. The second-order valence-corrected chi connectivity index (χ2v) is 2.90. The molecule has 13 heavy (non-hydrogen) atoms. The summed E-state index contributed by atoms with van der Waals surface area (Å²) in [6.45, 7) is 3.73. The minimum Gasteiger partial charge on any atom is -0.469 e. The van der Waals surface area contributed by atoms with E-state index in [1.54, 1.807) is 13.2 Å². The van der Waals surface area contributed by atoms with Crippen molar-refractivity contribution in [2.75, 3.05) is 0 Å². The van der Waals surface area contributed by atoms with E-state index in [9.17, 15) is 0 Å². The first-order chi connectivity index (χ1) is 6.27. The van der Waals surface area contributed by atoms with Gasteiger partial charge in [0, 0.05) is 6.92 Å². The van der Waals surface area contributed by atoms with Crippen molar-refractivity contribution in [1.29, 1.82) is 0 Å². The molecule has 0 saturated heterocycles. The second-order valence-electron chi connectivity index (χ2n) is 2.90. The number of hydrogen-bond acceptors (Lipinski definition) is 4. The van der Waals surface area contributed by atoms with Crippen molar-refractivity contribution in [3.05, 3.63) is 35.9 Å². The Kier molecular flexibility index (Phi) is 1.88. The Morgan fingerprint density at radius 2 is 2.23 bits per heavy atom. The molecule has 1 unspecified atom stereocenters. The lowest BCUT2D eigenvalue weighted by Gasteiger charge is -2.00. The molecule has 0 bridgehead atoms. The van der Waals surface area contributed by atoms with E-state index in [-0.39, 0.29) is 5.92 Å². The standard InChI is InChI=1S/C9H10N2O2/c1-6(8-4-3-5-12-8)9-11-10-7(2)13-9/h3-6H,1-2H3. The quantitative estimate of drug-likeness (QED) is 0.706. The van der Waals surface area contributed by atoms with Crippen LogP contribution in [0.4, 0.5) is 0 Å². The molecule has 0 fully saturated rings. The third-order valence-corrected chi connectivity index (χ3v) is 1.88. The Bertz CT molecular complexity index is 378. The maximum absolute atomic E-state index is 5.29. The number of aromatic nitrogens is 2. The first-order valence-electron chi connectivity index (χ1n) is 4.11. The smallest absolute Gasteiger partial charge is 0.226 e. The first kappa shape index (κ1) is 8.04. The molecule has 2 heterocycles. The van der Waals surface area contributed by atoms with Crippen molar-refractivity contribution in [2.45, 2.75) is 19.8 Å². The van der Waals surface area contributed by atoms with E-state index in [0.717, 1.165) is 5.76 Å². The van der Waals surface area contributed by atoms with Crippen molar-refractivity contribution in [1.82, 2.24) is 10.2 Å². The molecule has 4 nitrogen and oxygen atoms in total. The molecule has 0 spiro atoms. The van der Waals surface area contributed by atoms with Gasteiger partial charge >= 0.3 is 0 Å². The Labute approximate surface area is 75.6 Å². The lowest BCUT2D eigenvalue weighted by molar-refractivity contribution is 0.416. The molecule has 0 aliphatic heterocycles. The molecule has 2 rings (SSSR count). The zero-order chi connectivity index (χ0) is 9.26. The molecule has 2 aromatic rings. The summed E-state index contributed by atoms with van der Waals surface area (Å²) in [5.41, 5.74) is 0. The van der Waals surface area contributed by atoms with E-state index < -0.39 is 0 Å². The maximum Gasteiger partial charge on any atom is 0.226 e. The molecule has 0 amide bonds. The van der Waals surface area contributed by atoms with Gasteiger partial charge in [-0.25, -0.2) is 0 Å². The van der Waals surface area contributed by atoms with Crippen LogP contribution < -0.4 is 0 Å². The van der Waals surface area contributed by atoms with Crippen molar-refractivity contribution in [3.63, 3.8) is 0 Å². The van der Waals surface area contributed by atoms with E-state index in [1.807, 2.05) is 19.1 Å². The molecular formula is C9H10N2O2. The van der Waals surface area contributed by atoms with Gasteiger partial charge in [0.2, 0.25) is 11.8 Å². The number of hydrogen-bond donors (Lipinski definition) is 0. The van der Waals surface area contributed by atoms with Crippen LogP contribution in [0.3, 0.4) is 0 Å². The van der Waals surface area contributed by atoms with Crippen molar-refractivity contribution < 1.29 is 8.83 Å². The summed E-state index contributed by atoms with van der Waals surface area (Å²) >= 11 is 0. The molecule has 1 atom stereocenters. The van der Waals surface area contributed by atoms with Crippen LogP contribution in [-0.4, -0.2) is 10.2 Å². The summed E-state index contributed by atoms with van der Waals surface area (Å²) in [5, 5.41) is 7.68. The third-order valence-electron chi connectivity index (χ3n) is 1.88. The summed E-state index contributed by atoms with van der Waals surface area (Å²) in [6, 6.07) is 3.74. The van der Waals surface area contributed by atoms with Crippen molar-refractivity contribution >= 4 is 0 Å². The van der Waals surface area contributed by atoms with Gasteiger partial charge in [-0.3, -0.25) is 0 Å². The molecule has 4 heteroatoms. The van der Waals surface area contributed by atoms with Gasteiger partial charge in [0.25, 0.3) is 0 Å². The topological polar surface area (TPSA) is 52.1 Å². The van der Waals surface area contributed by atoms with Crippen LogP contribution in [0, 0.1) is 6.92 Å². The number of aryl methyl sites for hydroxylation is 1. The fourth-order valence-corrected chi connectivity index (χ4v) is 1.15. The van der Waals surface area contributed by atoms with Crippen molar-refractivity contribution in [2.24, 2.45) is 0 Å². The highest BCUT2D eigenvalue weighted by Gasteiger charge is 2.16. The Morgan fingerprint density at radius 3 is 2.77 bits per heavy atom. The highest BCUT2D eigenvalue weighted by molar-refractivity contribution is 5.11. The van der Waals surface area contributed by atoms with Gasteiger partial charge < -0.3 is 8.83 Å². The molecule has 0 N–H and O–H groups in total. The molecule has 2 aromatic heterocycles. The summed E-state index contributed by atoms with van der Waals surface area (Å²) in [7, 11) is 0. The molecular weight excluding hydrogens is 168 g/mol. The molecule has 0 aromatic carbocycles. The molecule has 0 aliphatic carbocycles. The Hall–Kier alpha value is -1.58. The Balaban J connectivity index is 2.28. The van der Waals surface area contributed by atoms with Crippen molar-refractivity contribution in [3.8, 4) is 0 Å². The van der Waals surface area contributed by atoms with E-state index in [2.05, 4.69) is 10.2 Å². The van der Waals surface area contributed by atoms with Gasteiger partial charge in [-0.05, 0) is 19.1 Å². The fraction of sp³-hybridized carbons (Fsp3) is 0.333. The van der Waals surface area contributed by atoms with Crippen LogP contribution in [0.5, 0.6) is 0 Å². The molecule has 0 radical (unpaired) electrons. The van der Waals surface area contributed by atoms with Crippen LogP contribution in [0.1, 0.15) is 30.4 Å². The van der Waals surface area contributed by atoms with Crippen LogP contribution in [0.2, 0.25) is 0 Å². The van der Waals surface area contributed by atoms with Gasteiger partial charge in [-0.2, -0.15) is 0 Å². The second kappa shape index (κ2) is 3.05. The summed E-state index contributed by atoms with van der Waals surface area (Å²) in [4.78, 5) is 0. The zero-order valence-corrected chi connectivity index (χ0v) is 7.52. The maximum atomic E-state index is 5.29. The summed E-state index contributed by atoms with van der Waals surface area (Å²) in [6.07, 6.45) is 1.63. The van der Waals surface area contributed by atoms with Crippen LogP contribution in [0.15, 0.2) is 27.2 Å². The predicted molar refractivity (Wildman–Crippen MR) is 45.3 cm³/mol. The SMILES string of the molecule is Cc1nnc(C(C)c2ccco2)o1. The zero-order valence-electron chi connectivity index (χ0n) is 7.52. The van der Waals surface area contributed by atoms with Gasteiger partial charge in [0.05, 0.1) is 12.2 Å². The summed E-state index contributed by atoms with van der Waals surface area (Å²) < 4.78 is 10.5. The minimum atomic E-state index is 0.0243. The lowest BCUT2D eigenvalue weighted by Crippen LogP contribution is -1.93. The summed E-state index contributed by atoms with van der Waals surface area (Å²) in [5.74, 6) is 2.03. The van der Waals surface area contributed by atoms with Crippen LogP contribution in [-0.2, 0) is 0 Å². The highest BCUT2D eigenvalue weighted by atomic mass is 16.4. The monoisotopic (exact) mass is 178 g/mol. The van der Waals surface area contributed by atoms with Gasteiger partial charge in [0.15, 0.2) is 0 Å². The fourth-order valence-electron chi connectivity index (χ4n) is 1.15. The molecule has 0 saturated carbocycles. The number of rotatable bonds is 2. The molecule has 68 valence electrons. The van der Waals surface area contributed by atoms with Crippen LogP contribution in [0.25, 0.3) is 0 Å². The van der Waals surface area contributed by atoms with E-state index in [0.29, 0.717) is 11.8 Å². The van der Waals surface area contributed by atoms with Gasteiger partial charge in [-0.1, -0.05) is 0 Å². The highest BCUT2D eigenvalue weighted by Crippen LogP contribution is 2.22. The van der Waals surface area contributed by atoms with E-state index >= 15 is 0 Å². The Morgan fingerprint density at radius 1 is 1.38 bits per heavy atom. The first-order valence-corrected chi connectivity index (χ1v) is 4.11. The number of furan rings is 1. The number of nitrogens with zero attached hydrogens (tertiary/aromatic N) is 2. The largest absolute Gasteiger partial charge is 0.469 e. The average molecular weight is 178 g/mol. The predicted octanol–water partition coefficient (Wildman–Crippen LogP) is 2.12. The van der Waals surface area contributed by atoms with Gasteiger partial charge in [0.1, 0.15) is 5.76 Å². The van der Waals surface area contributed by atoms with E-state index in [4.69, 9.17) is 8.83 Å². The van der Waals surface area contributed by atoms with E-state index in [1.165, 1.54) is 0 Å². The normalized spacial score (nSPS) is 13.1. The molecule has 0 aliphatic rings. The average Bonchev–Trinajstić information content (AvgIpc) is 2.72. The van der Waals surface area contributed by atoms with Gasteiger partial charge in [-0.15, -0.1) is 10.2 Å².